The first kappa shape index (κ1) is 19.6. The van der Waals surface area contributed by atoms with Crippen LogP contribution in [-0.4, -0.2) is 13.0 Å². The van der Waals surface area contributed by atoms with Gasteiger partial charge in [-0.25, -0.2) is 0 Å². The quantitative estimate of drug-likeness (QED) is 0.383. The van der Waals surface area contributed by atoms with Crippen LogP contribution in [-0.2, 0) is 14.9 Å². The fourth-order valence-corrected chi connectivity index (χ4v) is 5.72. The summed E-state index contributed by atoms with van der Waals surface area (Å²) < 4.78 is 35.6. The van der Waals surface area contributed by atoms with Gasteiger partial charge in [0.25, 0.3) is 10.1 Å². The lowest BCUT2D eigenvalue weighted by Gasteiger charge is -2.34. The number of fused-ring (bicyclic) bond motifs is 2. The molecule has 0 radical (unpaired) electrons. The van der Waals surface area contributed by atoms with E-state index in [0.717, 1.165) is 28.0 Å². The average Bonchev–Trinajstić information content (AvgIpc) is 2.73. The van der Waals surface area contributed by atoms with Crippen molar-refractivity contribution in [3.05, 3.63) is 96.1 Å². The minimum absolute atomic E-state index is 0.310. The Hall–Kier alpha value is -2.69. The largest absolute Gasteiger partial charge is 0.285 e. The van der Waals surface area contributed by atoms with Gasteiger partial charge in [-0.1, -0.05) is 105 Å². The molecule has 0 heterocycles. The van der Waals surface area contributed by atoms with Crippen molar-refractivity contribution in [2.75, 3.05) is 0 Å². The molecule has 4 aromatic carbocycles. The van der Waals surface area contributed by atoms with Crippen LogP contribution in [0.4, 0.5) is 0 Å². The standard InChI is InChI=1S/C25H24O3S/c1-2-3-18-25(29(26,27)28,23-16-8-12-19-10-4-6-14-21(19)23)24-17-9-13-20-11-5-7-15-22(20)24/h4-17H,2-3,18H2,1H3,(H,26,27,28). The van der Waals surface area contributed by atoms with Gasteiger partial charge >= 0.3 is 0 Å². The summed E-state index contributed by atoms with van der Waals surface area (Å²) in [6.07, 6.45) is 1.81. The zero-order valence-corrected chi connectivity index (χ0v) is 17.2. The molecule has 0 fully saturated rings. The topological polar surface area (TPSA) is 54.4 Å². The molecular weight excluding hydrogens is 380 g/mol. The highest BCUT2D eigenvalue weighted by Gasteiger charge is 2.47. The zero-order chi connectivity index (χ0) is 20.5. The highest BCUT2D eigenvalue weighted by molar-refractivity contribution is 7.87. The molecule has 0 aromatic heterocycles. The van der Waals surface area contributed by atoms with Crippen molar-refractivity contribution >= 4 is 31.7 Å². The molecule has 4 rings (SSSR count). The second-order valence-corrected chi connectivity index (χ2v) is 9.11. The Morgan fingerprint density at radius 3 is 1.62 bits per heavy atom. The van der Waals surface area contributed by atoms with Crippen LogP contribution in [0.2, 0.25) is 0 Å². The lowest BCUT2D eigenvalue weighted by molar-refractivity contribution is 0.432. The minimum atomic E-state index is -4.49. The van der Waals surface area contributed by atoms with Crippen LogP contribution in [0, 0.1) is 0 Å². The van der Waals surface area contributed by atoms with Gasteiger partial charge in [0.2, 0.25) is 0 Å². The Bertz CT molecular complexity index is 1190. The van der Waals surface area contributed by atoms with E-state index in [9.17, 15) is 13.0 Å². The Morgan fingerprint density at radius 2 is 1.17 bits per heavy atom. The molecule has 0 saturated heterocycles. The van der Waals surface area contributed by atoms with Crippen LogP contribution in [0.25, 0.3) is 21.5 Å². The van der Waals surface area contributed by atoms with E-state index in [4.69, 9.17) is 0 Å². The number of benzene rings is 4. The summed E-state index contributed by atoms with van der Waals surface area (Å²) in [5.74, 6) is 0. The molecule has 3 nitrogen and oxygen atoms in total. The molecule has 29 heavy (non-hydrogen) atoms. The molecule has 4 heteroatoms. The van der Waals surface area contributed by atoms with E-state index in [2.05, 4.69) is 0 Å². The van der Waals surface area contributed by atoms with Gasteiger partial charge < -0.3 is 0 Å². The van der Waals surface area contributed by atoms with E-state index >= 15 is 0 Å². The van der Waals surface area contributed by atoms with Gasteiger partial charge in [-0.2, -0.15) is 8.42 Å². The van der Waals surface area contributed by atoms with Crippen molar-refractivity contribution in [1.82, 2.24) is 0 Å². The predicted octanol–water partition coefficient (Wildman–Crippen LogP) is 6.31. The van der Waals surface area contributed by atoms with Crippen LogP contribution in [0.5, 0.6) is 0 Å². The number of unbranched alkanes of at least 4 members (excludes halogenated alkanes) is 1. The van der Waals surface area contributed by atoms with Gasteiger partial charge in [-0.15, -0.1) is 0 Å². The van der Waals surface area contributed by atoms with Crippen LogP contribution in [0.15, 0.2) is 84.9 Å². The maximum absolute atomic E-state index is 13.2. The van der Waals surface area contributed by atoms with Gasteiger partial charge in [0.05, 0.1) is 0 Å². The molecule has 0 atom stereocenters. The zero-order valence-electron chi connectivity index (χ0n) is 16.4. The smallest absolute Gasteiger partial charge is 0.279 e. The molecule has 0 amide bonds. The fourth-order valence-electron chi connectivity index (χ4n) is 4.40. The van der Waals surface area contributed by atoms with Crippen molar-refractivity contribution in [3.8, 4) is 0 Å². The SMILES string of the molecule is CCCCC(c1cccc2ccccc12)(c1cccc2ccccc12)S(=O)(=O)O. The highest BCUT2D eigenvalue weighted by Crippen LogP contribution is 2.46. The van der Waals surface area contributed by atoms with Crippen LogP contribution in [0.1, 0.15) is 37.3 Å². The number of rotatable bonds is 6. The minimum Gasteiger partial charge on any atom is -0.285 e. The van der Waals surface area contributed by atoms with Crippen LogP contribution >= 0.6 is 0 Å². The van der Waals surface area contributed by atoms with Gasteiger partial charge in [-0.3, -0.25) is 4.55 Å². The third-order valence-electron chi connectivity index (χ3n) is 5.77. The third kappa shape index (κ3) is 3.22. The summed E-state index contributed by atoms with van der Waals surface area (Å²) in [6, 6.07) is 26.8. The van der Waals surface area contributed by atoms with E-state index in [1.54, 1.807) is 0 Å². The van der Waals surface area contributed by atoms with Crippen molar-refractivity contribution in [3.63, 3.8) is 0 Å². The Kier molecular flexibility index (Phi) is 5.15. The first-order valence-corrected chi connectivity index (χ1v) is 11.4. The summed E-state index contributed by atoms with van der Waals surface area (Å²) in [5, 5.41) is 3.60. The molecule has 0 aliphatic rings. The highest BCUT2D eigenvalue weighted by atomic mass is 32.2. The first-order valence-electron chi connectivity index (χ1n) is 9.92. The second kappa shape index (κ2) is 7.62. The number of hydrogen-bond acceptors (Lipinski definition) is 2. The van der Waals surface area contributed by atoms with E-state index in [1.807, 2.05) is 91.9 Å². The lowest BCUT2D eigenvalue weighted by Crippen LogP contribution is -2.37. The molecule has 0 spiro atoms. The molecule has 1 N–H and O–H groups in total. The van der Waals surface area contributed by atoms with Gasteiger partial charge in [-0.05, 0) is 39.1 Å². The van der Waals surface area contributed by atoms with E-state index < -0.39 is 14.9 Å². The monoisotopic (exact) mass is 404 g/mol. The normalized spacial score (nSPS) is 12.5. The second-order valence-electron chi connectivity index (χ2n) is 7.46. The Labute approximate surface area is 171 Å². The first-order chi connectivity index (χ1) is 14.0. The summed E-state index contributed by atoms with van der Waals surface area (Å²) >= 11 is 0. The maximum Gasteiger partial charge on any atom is 0.279 e. The molecule has 0 aliphatic carbocycles. The molecular formula is C25H24O3S. The summed E-state index contributed by atoms with van der Waals surface area (Å²) in [5.41, 5.74) is 1.26. The van der Waals surface area contributed by atoms with Crippen molar-refractivity contribution in [2.45, 2.75) is 30.9 Å². The van der Waals surface area contributed by atoms with Crippen molar-refractivity contribution in [1.29, 1.82) is 0 Å². The summed E-state index contributed by atoms with van der Waals surface area (Å²) in [7, 11) is -4.49. The van der Waals surface area contributed by atoms with Crippen molar-refractivity contribution in [2.24, 2.45) is 0 Å². The lowest BCUT2D eigenvalue weighted by atomic mass is 9.81. The molecule has 0 unspecified atom stereocenters. The Morgan fingerprint density at radius 1 is 0.724 bits per heavy atom. The van der Waals surface area contributed by atoms with Crippen molar-refractivity contribution < 1.29 is 13.0 Å². The summed E-state index contributed by atoms with van der Waals surface area (Å²) in [4.78, 5) is 0. The Balaban J connectivity index is 2.18. The average molecular weight is 405 g/mol. The molecule has 0 aliphatic heterocycles. The van der Waals surface area contributed by atoms with E-state index in [-0.39, 0.29) is 0 Å². The van der Waals surface area contributed by atoms with Crippen LogP contribution in [0.3, 0.4) is 0 Å². The molecule has 0 bridgehead atoms. The fraction of sp³-hybridized carbons (Fsp3) is 0.200. The maximum atomic E-state index is 13.2. The van der Waals surface area contributed by atoms with E-state index in [0.29, 0.717) is 24.0 Å². The van der Waals surface area contributed by atoms with Gasteiger partial charge in [0.1, 0.15) is 4.75 Å². The predicted molar refractivity (Wildman–Crippen MR) is 120 cm³/mol. The summed E-state index contributed by atoms with van der Waals surface area (Å²) in [6.45, 7) is 2.03. The third-order valence-corrected chi connectivity index (χ3v) is 7.30. The molecule has 0 saturated carbocycles. The van der Waals surface area contributed by atoms with E-state index in [1.165, 1.54) is 0 Å². The molecule has 4 aromatic rings. The van der Waals surface area contributed by atoms with Gasteiger partial charge in [0.15, 0.2) is 0 Å². The number of hydrogen-bond donors (Lipinski definition) is 1. The van der Waals surface area contributed by atoms with Gasteiger partial charge in [0, 0.05) is 0 Å². The molecule has 148 valence electrons. The van der Waals surface area contributed by atoms with Crippen LogP contribution < -0.4 is 0 Å².